The Morgan fingerprint density at radius 3 is 1.92 bits per heavy atom. The van der Waals surface area contributed by atoms with Gasteiger partial charge in [0.15, 0.2) is 5.78 Å². The van der Waals surface area contributed by atoms with Crippen molar-refractivity contribution in [3.8, 4) is 11.1 Å². The standard InChI is InChI=1S/C20H23NO3/c1-14(4-13-19(22)23)20(24)17-7-5-15(6-8-17)16-9-11-18(12-10-16)21(2)3/h5-12,14H,4,13H2,1-3H3,(H,22,23). The maximum Gasteiger partial charge on any atom is 0.303 e. The molecule has 0 aromatic heterocycles. The molecule has 0 aliphatic rings. The fraction of sp³-hybridized carbons (Fsp3) is 0.300. The number of rotatable bonds is 7. The molecule has 0 radical (unpaired) electrons. The Morgan fingerprint density at radius 1 is 0.958 bits per heavy atom. The molecule has 0 saturated heterocycles. The normalized spacial score (nSPS) is 11.8. The molecule has 2 aromatic carbocycles. The molecule has 4 nitrogen and oxygen atoms in total. The van der Waals surface area contributed by atoms with Gasteiger partial charge in [-0.15, -0.1) is 0 Å². The van der Waals surface area contributed by atoms with Crippen LogP contribution in [-0.4, -0.2) is 31.0 Å². The third-order valence-corrected chi connectivity index (χ3v) is 4.13. The monoisotopic (exact) mass is 325 g/mol. The number of benzene rings is 2. The summed E-state index contributed by atoms with van der Waals surface area (Å²) in [6, 6.07) is 15.7. The van der Waals surface area contributed by atoms with Gasteiger partial charge in [-0.3, -0.25) is 9.59 Å². The number of hydrogen-bond donors (Lipinski definition) is 1. The third kappa shape index (κ3) is 4.44. The van der Waals surface area contributed by atoms with Crippen molar-refractivity contribution in [1.82, 2.24) is 0 Å². The third-order valence-electron chi connectivity index (χ3n) is 4.13. The van der Waals surface area contributed by atoms with Crippen molar-refractivity contribution >= 4 is 17.4 Å². The van der Waals surface area contributed by atoms with Crippen molar-refractivity contribution in [3.63, 3.8) is 0 Å². The molecule has 126 valence electrons. The molecule has 24 heavy (non-hydrogen) atoms. The molecule has 0 aliphatic heterocycles. The van der Waals surface area contributed by atoms with Gasteiger partial charge >= 0.3 is 5.97 Å². The minimum Gasteiger partial charge on any atom is -0.481 e. The van der Waals surface area contributed by atoms with Gasteiger partial charge in [-0.2, -0.15) is 0 Å². The summed E-state index contributed by atoms with van der Waals surface area (Å²) in [5.74, 6) is -1.16. The lowest BCUT2D eigenvalue weighted by Gasteiger charge is -2.13. The van der Waals surface area contributed by atoms with Crippen LogP contribution >= 0.6 is 0 Å². The smallest absolute Gasteiger partial charge is 0.303 e. The second-order valence-corrected chi connectivity index (χ2v) is 6.22. The topological polar surface area (TPSA) is 57.6 Å². The van der Waals surface area contributed by atoms with Gasteiger partial charge in [0.25, 0.3) is 0 Å². The summed E-state index contributed by atoms with van der Waals surface area (Å²) in [6.07, 6.45) is 0.380. The van der Waals surface area contributed by atoms with Crippen molar-refractivity contribution in [2.75, 3.05) is 19.0 Å². The van der Waals surface area contributed by atoms with E-state index in [9.17, 15) is 9.59 Å². The molecule has 1 N–H and O–H groups in total. The molecule has 0 fully saturated rings. The lowest BCUT2D eigenvalue weighted by molar-refractivity contribution is -0.137. The highest BCUT2D eigenvalue weighted by molar-refractivity contribution is 5.98. The number of carbonyl (C=O) groups is 2. The Bertz CT molecular complexity index is 703. The van der Waals surface area contributed by atoms with Crippen LogP contribution in [0.2, 0.25) is 0 Å². The largest absolute Gasteiger partial charge is 0.481 e. The van der Waals surface area contributed by atoms with Gasteiger partial charge in [-0.1, -0.05) is 43.3 Å². The average molecular weight is 325 g/mol. The quantitative estimate of drug-likeness (QED) is 0.779. The molecule has 0 bridgehead atoms. The summed E-state index contributed by atoms with van der Waals surface area (Å²) in [5, 5.41) is 8.72. The lowest BCUT2D eigenvalue weighted by atomic mass is 9.93. The van der Waals surface area contributed by atoms with Gasteiger partial charge in [0, 0.05) is 37.7 Å². The van der Waals surface area contributed by atoms with Crippen molar-refractivity contribution in [2.45, 2.75) is 19.8 Å². The molecule has 2 rings (SSSR count). The number of anilines is 1. The molecule has 1 atom stereocenters. The first-order chi connectivity index (χ1) is 11.4. The molecule has 0 amide bonds. The minimum absolute atomic E-state index is 0.00856. The average Bonchev–Trinajstić information content (AvgIpc) is 2.59. The van der Waals surface area contributed by atoms with Crippen LogP contribution in [0.15, 0.2) is 48.5 Å². The SMILES string of the molecule is CC(CCC(=O)O)C(=O)c1ccc(-c2ccc(N(C)C)cc2)cc1. The first kappa shape index (κ1) is 17.7. The Kier molecular flexibility index (Phi) is 5.74. The van der Waals surface area contributed by atoms with E-state index in [1.165, 1.54) is 0 Å². The predicted molar refractivity (Wildman–Crippen MR) is 96.6 cm³/mol. The fourth-order valence-corrected chi connectivity index (χ4v) is 2.53. The number of aliphatic carboxylic acids is 1. The Hall–Kier alpha value is -2.62. The van der Waals surface area contributed by atoms with Crippen LogP contribution in [0, 0.1) is 5.92 Å². The van der Waals surface area contributed by atoms with Gasteiger partial charge in [-0.05, 0) is 29.7 Å². The Morgan fingerprint density at radius 2 is 1.46 bits per heavy atom. The highest BCUT2D eigenvalue weighted by atomic mass is 16.4. The zero-order valence-corrected chi connectivity index (χ0v) is 14.3. The molecule has 2 aromatic rings. The van der Waals surface area contributed by atoms with E-state index in [4.69, 9.17) is 5.11 Å². The number of carboxylic acids is 1. The molecule has 0 aliphatic carbocycles. The van der Waals surface area contributed by atoms with Crippen LogP contribution in [0.5, 0.6) is 0 Å². The lowest BCUT2D eigenvalue weighted by Crippen LogP contribution is -2.13. The molecular formula is C20H23NO3. The van der Waals surface area contributed by atoms with Crippen LogP contribution in [0.4, 0.5) is 5.69 Å². The summed E-state index contributed by atoms with van der Waals surface area (Å²) in [4.78, 5) is 25.0. The fourth-order valence-electron chi connectivity index (χ4n) is 2.53. The molecule has 1 unspecified atom stereocenters. The molecule has 4 heteroatoms. The van der Waals surface area contributed by atoms with Crippen LogP contribution in [0.1, 0.15) is 30.1 Å². The summed E-state index contributed by atoms with van der Waals surface area (Å²) in [5.41, 5.74) is 3.91. The summed E-state index contributed by atoms with van der Waals surface area (Å²) < 4.78 is 0. The number of carbonyl (C=O) groups excluding carboxylic acids is 1. The number of ketones is 1. The van der Waals surface area contributed by atoms with Crippen LogP contribution in [-0.2, 0) is 4.79 Å². The molecule has 0 heterocycles. The van der Waals surface area contributed by atoms with Gasteiger partial charge in [0.1, 0.15) is 0 Å². The Labute approximate surface area is 142 Å². The van der Waals surface area contributed by atoms with Gasteiger partial charge < -0.3 is 10.0 Å². The molecular weight excluding hydrogens is 302 g/mol. The van der Waals surface area contributed by atoms with E-state index in [0.717, 1.165) is 16.8 Å². The molecule has 0 spiro atoms. The minimum atomic E-state index is -0.869. The highest BCUT2D eigenvalue weighted by Crippen LogP contribution is 2.24. The van der Waals surface area contributed by atoms with Crippen molar-refractivity contribution in [1.29, 1.82) is 0 Å². The van der Waals surface area contributed by atoms with E-state index in [1.54, 1.807) is 6.92 Å². The van der Waals surface area contributed by atoms with E-state index in [2.05, 4.69) is 24.3 Å². The zero-order chi connectivity index (χ0) is 17.7. The van der Waals surface area contributed by atoms with Gasteiger partial charge in [0.2, 0.25) is 0 Å². The zero-order valence-electron chi connectivity index (χ0n) is 14.3. The number of carboxylic acid groups (broad SMARTS) is 1. The van der Waals surface area contributed by atoms with E-state index in [1.807, 2.05) is 43.3 Å². The van der Waals surface area contributed by atoms with Gasteiger partial charge in [-0.25, -0.2) is 0 Å². The maximum absolute atomic E-state index is 12.3. The second-order valence-electron chi connectivity index (χ2n) is 6.22. The Balaban J connectivity index is 2.09. The van der Waals surface area contributed by atoms with Crippen LogP contribution < -0.4 is 4.90 Å². The number of nitrogens with zero attached hydrogens (tertiary/aromatic N) is 1. The van der Waals surface area contributed by atoms with Crippen LogP contribution in [0.25, 0.3) is 11.1 Å². The highest BCUT2D eigenvalue weighted by Gasteiger charge is 2.16. The maximum atomic E-state index is 12.3. The second kappa shape index (κ2) is 7.77. The van der Waals surface area contributed by atoms with Crippen LogP contribution in [0.3, 0.4) is 0 Å². The van der Waals surface area contributed by atoms with E-state index < -0.39 is 5.97 Å². The van der Waals surface area contributed by atoms with Crippen molar-refractivity contribution in [2.24, 2.45) is 5.92 Å². The van der Waals surface area contributed by atoms with Crippen molar-refractivity contribution < 1.29 is 14.7 Å². The summed E-state index contributed by atoms with van der Waals surface area (Å²) in [6.45, 7) is 1.78. The van der Waals surface area contributed by atoms with E-state index in [-0.39, 0.29) is 18.1 Å². The summed E-state index contributed by atoms with van der Waals surface area (Å²) in [7, 11) is 4.00. The first-order valence-electron chi connectivity index (χ1n) is 8.02. The van der Waals surface area contributed by atoms with Gasteiger partial charge in [0.05, 0.1) is 0 Å². The first-order valence-corrected chi connectivity index (χ1v) is 8.02. The summed E-state index contributed by atoms with van der Waals surface area (Å²) >= 11 is 0. The van der Waals surface area contributed by atoms with Crippen molar-refractivity contribution in [3.05, 3.63) is 54.1 Å². The number of hydrogen-bond acceptors (Lipinski definition) is 3. The van der Waals surface area contributed by atoms with E-state index >= 15 is 0 Å². The van der Waals surface area contributed by atoms with E-state index in [0.29, 0.717) is 12.0 Å². The molecule has 0 saturated carbocycles. The predicted octanol–water partition coefficient (Wildman–Crippen LogP) is 4.10. The number of Topliss-reactive ketones (excluding diaryl/α,β-unsaturated/α-hetero) is 1.